The Kier molecular flexibility index (Phi) is 32.9. The third kappa shape index (κ3) is 24.1. The number of likely N-dealkylation sites (tertiary alicyclic amines) is 2. The van der Waals surface area contributed by atoms with Gasteiger partial charge in [0.1, 0.15) is 61.4 Å². The number of benzene rings is 3. The number of fused-ring (bicyclic) bond motifs is 5. The van der Waals surface area contributed by atoms with Gasteiger partial charge in [0, 0.05) is 142 Å². The van der Waals surface area contributed by atoms with Gasteiger partial charge in [0.15, 0.2) is 5.65 Å². The minimum atomic E-state index is -5.85. The van der Waals surface area contributed by atoms with Crippen LogP contribution in [0.3, 0.4) is 0 Å². The predicted octanol–water partition coefficient (Wildman–Crippen LogP) is 4.85. The minimum absolute atomic E-state index is 0.00328. The fraction of sp³-hybridized carbons (Fsp3) is 0.563. The molecule has 3 aromatic carbocycles. The quantitative estimate of drug-likeness (QED) is 0.00817. The normalized spacial score (nSPS) is 20.9. The zero-order valence-corrected chi connectivity index (χ0v) is 78.8. The number of aliphatic hydroxyl groups excluding tert-OH is 1. The molecule has 3 saturated heterocycles. The molecule has 716 valence electrons. The van der Waals surface area contributed by atoms with Gasteiger partial charge in [-0.3, -0.25) is 62.2 Å². The van der Waals surface area contributed by atoms with E-state index in [-0.39, 0.29) is 165 Å². The summed E-state index contributed by atoms with van der Waals surface area (Å²) < 4.78 is 57.0. The topological polar surface area (TPSA) is 579 Å². The second-order valence-corrected chi connectivity index (χ2v) is 42.5. The van der Waals surface area contributed by atoms with Crippen LogP contribution in [0.4, 0.5) is 11.6 Å². The summed E-state index contributed by atoms with van der Waals surface area (Å²) in [6.45, 7) is 16.5. The van der Waals surface area contributed by atoms with E-state index < -0.39 is 139 Å². The summed E-state index contributed by atoms with van der Waals surface area (Å²) in [6, 6.07) is 7.59. The van der Waals surface area contributed by atoms with Crippen LogP contribution in [0.5, 0.6) is 0 Å². The largest absolute Gasteiger partial charge is 0.490 e. The first-order valence-electron chi connectivity index (χ1n) is 44.2. The number of aromatic amines is 1. The molecular formula is C87H115N13O27P3S2+. The van der Waals surface area contributed by atoms with Crippen LogP contribution in [-0.2, 0) is 97.8 Å². The molecule has 45 heteroatoms. The summed E-state index contributed by atoms with van der Waals surface area (Å²) in [7, 11) is -12.7. The fourth-order valence-electron chi connectivity index (χ4n) is 19.3. The molecule has 132 heavy (non-hydrogen) atoms. The van der Waals surface area contributed by atoms with Crippen molar-refractivity contribution in [2.45, 2.75) is 242 Å². The van der Waals surface area contributed by atoms with Crippen molar-refractivity contribution in [2.24, 2.45) is 0 Å². The van der Waals surface area contributed by atoms with E-state index in [0.29, 0.717) is 30.6 Å². The molecule has 3 fully saturated rings. The summed E-state index contributed by atoms with van der Waals surface area (Å²) in [4.78, 5) is 212. The number of nitrogens with two attached hydrogens (primary N) is 1. The number of amides is 7. The van der Waals surface area contributed by atoms with E-state index in [1.807, 2.05) is 23.5 Å². The van der Waals surface area contributed by atoms with Crippen LogP contribution in [0, 0.1) is 11.8 Å². The molecule has 7 aliphatic rings. The Morgan fingerprint density at radius 3 is 2.15 bits per heavy atom. The molecule has 2 aromatic heterocycles. The highest BCUT2D eigenvalue weighted by molar-refractivity contribution is 8.76. The number of aryl methyl sites for hydroxylation is 1. The highest BCUT2D eigenvalue weighted by Crippen LogP contribution is 2.66. The number of H-pyrrole nitrogens is 1. The number of nitrogens with one attached hydrogen (secondary N) is 5. The Labute approximate surface area is 768 Å². The number of carbonyl (C=O) groups excluding carboxylic acids is 8. The number of hydrogen-bond acceptors (Lipinski definition) is 25. The molecule has 7 amide bonds. The Balaban J connectivity index is 0.652. The first kappa shape index (κ1) is 101. The Hall–Kier alpha value is -9.69. The molecule has 0 saturated carbocycles. The number of carbonyl (C=O) groups is 11. The highest BCUT2D eigenvalue weighted by Gasteiger charge is 2.48. The number of ether oxygens (including phenoxy) is 1. The number of unbranched alkanes of at least 4 members (excludes halogenated alkanes) is 1. The number of carboxylic acids is 3. The molecule has 40 nitrogen and oxygen atoms in total. The summed E-state index contributed by atoms with van der Waals surface area (Å²) >= 11 is 0. The van der Waals surface area contributed by atoms with E-state index >= 15 is 4.79 Å². The number of ketones is 1. The Morgan fingerprint density at radius 1 is 0.795 bits per heavy atom. The second-order valence-electron chi connectivity index (χ2n) is 35.4. The van der Waals surface area contributed by atoms with Crippen molar-refractivity contribution in [3.05, 3.63) is 120 Å². The summed E-state index contributed by atoms with van der Waals surface area (Å²) in [6.07, 6.45) is 1.93. The van der Waals surface area contributed by atoms with Gasteiger partial charge in [-0.25, -0.2) is 23.1 Å². The standard InChI is InChI=1S/C87H114N13O27P3S2/c1-8-100-65-42-59-57(41-56(65)49(2)46-86(100,3)4)74(58-40-50-21-15-34-96-35-16-25-55(76(50)96)75(58)87(59,5)6)53-23-11-12-24-54(53)82(113)95(7)33-19-29-68(103)89-32-14-13-26-60(83(114)98-37-18-28-64(98)80(111)91-61(43-71(105)106)78(109)92-62(84(115)116)44-72(107)108)90-79(110)63-27-17-36-97(63)69(104)31-39-132-131-38-30-52(101)22-10-9-20-51-47-99(77-73(51)81(112)94-85(88)93-77)70-45-66(102)67(125-70)48-124-129(120,121)127-130(122,123)126-128(117,118)119/h11-12,23-24,40-42,47,49,60-64,66-67,70,102H,8,10,13-19,21-22,25-39,43-46,48H2,1-7H3,(H13-,88,89,90,91,92,93,94,103,105,106,107,108,109,110,111,112,115,116,117,118,119,120,121,122,123)/p+1/t49?,60?,61?,62?,63?,64?,66?,67-,70-/m1/s1. The van der Waals surface area contributed by atoms with Gasteiger partial charge in [0.2, 0.25) is 46.7 Å². The van der Waals surface area contributed by atoms with Crippen LogP contribution in [0.15, 0.2) is 53.5 Å². The number of phosphoric acid groups is 3. The van der Waals surface area contributed by atoms with Crippen molar-refractivity contribution >= 4 is 138 Å². The summed E-state index contributed by atoms with van der Waals surface area (Å²) in [5.74, 6) is -3.33. The van der Waals surface area contributed by atoms with Crippen LogP contribution < -0.4 is 52.6 Å². The number of anilines is 2. The number of aromatic nitrogens is 3. The first-order valence-corrected chi connectivity index (χ1v) is 51.2. The molecule has 5 aromatic rings. The van der Waals surface area contributed by atoms with E-state index in [1.165, 1.54) is 86.2 Å². The number of aliphatic carboxylic acids is 3. The van der Waals surface area contributed by atoms with E-state index in [1.54, 1.807) is 11.9 Å². The lowest BCUT2D eigenvalue weighted by Gasteiger charge is -2.48. The Bertz CT molecular complexity index is 5770. The van der Waals surface area contributed by atoms with Crippen molar-refractivity contribution < 1.29 is 124 Å². The van der Waals surface area contributed by atoms with Gasteiger partial charge in [0.25, 0.3) is 11.5 Å². The van der Waals surface area contributed by atoms with Gasteiger partial charge in [-0.15, -0.1) is 0 Å². The molecular weight excluding hydrogens is 1820 g/mol. The Morgan fingerprint density at radius 2 is 1.46 bits per heavy atom. The molecule has 0 bridgehead atoms. The zero-order chi connectivity index (χ0) is 95.8. The smallest absolute Gasteiger partial charge is 0.481 e. The molecule has 1 aliphatic carbocycles. The molecule has 9 unspecified atom stereocenters. The molecule has 6 aliphatic heterocycles. The number of phosphoric ester groups is 1. The lowest BCUT2D eigenvalue weighted by molar-refractivity contribution is -0.148. The fourth-order valence-corrected chi connectivity index (χ4v) is 24.4. The van der Waals surface area contributed by atoms with Gasteiger partial charge in [-0.2, -0.15) is 13.6 Å². The molecule has 0 spiro atoms. The second kappa shape index (κ2) is 42.9. The van der Waals surface area contributed by atoms with Crippen LogP contribution >= 0.6 is 45.1 Å². The van der Waals surface area contributed by atoms with Crippen molar-refractivity contribution in [3.8, 4) is 11.8 Å². The number of hydrogen-bond donors (Lipinski definition) is 14. The van der Waals surface area contributed by atoms with Gasteiger partial charge in [-0.1, -0.05) is 72.4 Å². The van der Waals surface area contributed by atoms with Crippen LogP contribution in [-0.4, -0.2) is 253 Å². The van der Waals surface area contributed by atoms with Crippen molar-refractivity contribution in [1.29, 1.82) is 0 Å². The average molecular weight is 1930 g/mol. The van der Waals surface area contributed by atoms with E-state index in [0.717, 1.165) is 68.4 Å². The minimum Gasteiger partial charge on any atom is -0.481 e. The number of nitrogen functional groups attached to an aromatic ring is 1. The summed E-state index contributed by atoms with van der Waals surface area (Å²) in [5.41, 5.74) is 16.2. The van der Waals surface area contributed by atoms with E-state index in [4.69, 9.17) is 20.3 Å². The number of Topliss-reactive ketones (excluding diaryl/α,β-unsaturated/α-hetero) is 1. The van der Waals surface area contributed by atoms with Crippen molar-refractivity contribution in [1.82, 2.24) is 55.1 Å². The van der Waals surface area contributed by atoms with Crippen LogP contribution in [0.2, 0.25) is 0 Å². The maximum Gasteiger partial charge on any atom is 0.490 e. The van der Waals surface area contributed by atoms with Gasteiger partial charge in [-0.05, 0) is 160 Å². The maximum atomic E-state index is 15.2. The molecule has 0 radical (unpaired) electrons. The highest BCUT2D eigenvalue weighted by atomic mass is 33.1. The van der Waals surface area contributed by atoms with Crippen LogP contribution in [0.25, 0.3) is 16.6 Å². The maximum absolute atomic E-state index is 15.2. The van der Waals surface area contributed by atoms with Crippen LogP contribution in [0.1, 0.15) is 231 Å². The third-order valence-electron chi connectivity index (χ3n) is 25.2. The monoisotopic (exact) mass is 1930 g/mol. The molecule has 12 rings (SSSR count). The van der Waals surface area contributed by atoms with Gasteiger partial charge >= 0.3 is 41.4 Å². The van der Waals surface area contributed by atoms with E-state index in [2.05, 4.69) is 126 Å². The SMILES string of the molecule is CCN1c2cc3c(cc2C(C)CC1(C)C)C(c1ccccc1C(=O)N(C)CCCC(=O)NCCCCC(NC(=O)C1CCCN1C(=O)CCSSCCC(=O)CCC#Cc1cn([C@H]2CC(O)[C@@H](COP(=O)(O)OP(=O)(O)OP(=O)(O)O)O2)c2nc(N)[nH]c(=O)c12)C(=O)N1CCCC1C(=O)NC(CC(=O)O)C(=O)NC(CC(=O)O)C(=O)O)=c1cc2c4c(c1C3(C)C)CCC[N+]=4CCC2. The molecule has 11 atom stereocenters. The lowest BCUT2D eigenvalue weighted by atomic mass is 9.64. The van der Waals surface area contributed by atoms with E-state index in [9.17, 15) is 96.6 Å². The molecule has 8 heterocycles. The summed E-state index contributed by atoms with van der Waals surface area (Å²) in [5, 5.41) is 52.0. The van der Waals surface area contributed by atoms with Gasteiger partial charge in [0.05, 0.1) is 36.5 Å². The zero-order valence-electron chi connectivity index (χ0n) is 74.4. The van der Waals surface area contributed by atoms with Crippen molar-refractivity contribution in [3.63, 3.8) is 0 Å². The predicted molar refractivity (Wildman–Crippen MR) is 485 cm³/mol. The first-order chi connectivity index (χ1) is 62.4. The van der Waals surface area contributed by atoms with Crippen molar-refractivity contribution in [2.75, 3.05) is 81.6 Å². The molecule has 15 N–H and O–H groups in total. The lowest BCUT2D eigenvalue weighted by Crippen LogP contribution is -2.58. The number of nitrogens with zero attached hydrogens (tertiary/aromatic N) is 7. The number of carboxylic acid groups (broad SMARTS) is 3. The van der Waals surface area contributed by atoms with Gasteiger partial charge < -0.3 is 95.9 Å². The average Bonchev–Trinajstić information content (AvgIpc) is 0.859. The third-order valence-corrected chi connectivity index (χ3v) is 31.4. The number of rotatable bonds is 41. The number of aliphatic hydroxyl groups is 1.